The van der Waals surface area contributed by atoms with Crippen LogP contribution in [-0.4, -0.2) is 44.7 Å². The number of hydrogen-bond acceptors (Lipinski definition) is 4. The van der Waals surface area contributed by atoms with Crippen molar-refractivity contribution in [3.63, 3.8) is 0 Å². The van der Waals surface area contributed by atoms with E-state index in [-0.39, 0.29) is 11.9 Å². The highest BCUT2D eigenvalue weighted by molar-refractivity contribution is 6.33. The monoisotopic (exact) mass is 376 g/mol. The second-order valence-electron chi connectivity index (χ2n) is 6.07. The third-order valence-corrected chi connectivity index (χ3v) is 4.70. The number of anilines is 1. The second-order valence-corrected chi connectivity index (χ2v) is 6.47. The zero-order chi connectivity index (χ0) is 19.1. The highest BCUT2D eigenvalue weighted by Crippen LogP contribution is 2.27. The summed E-state index contributed by atoms with van der Waals surface area (Å²) in [6.07, 6.45) is 0.792. The van der Waals surface area contributed by atoms with E-state index in [1.165, 1.54) is 0 Å². The van der Waals surface area contributed by atoms with Crippen LogP contribution in [0.5, 0.6) is 11.5 Å². The third-order valence-electron chi connectivity index (χ3n) is 4.37. The number of nitrogens with one attached hydrogen (secondary N) is 1. The van der Waals surface area contributed by atoms with E-state index >= 15 is 0 Å². The molecule has 1 atom stereocenters. The van der Waals surface area contributed by atoms with Gasteiger partial charge in [0.25, 0.3) is 0 Å². The van der Waals surface area contributed by atoms with Gasteiger partial charge in [-0.15, -0.1) is 0 Å². The van der Waals surface area contributed by atoms with Crippen molar-refractivity contribution in [3.8, 4) is 11.5 Å². The Bertz CT molecular complexity index is 752. The van der Waals surface area contributed by atoms with Crippen LogP contribution in [0.1, 0.15) is 12.5 Å². The van der Waals surface area contributed by atoms with Gasteiger partial charge in [-0.3, -0.25) is 9.69 Å². The van der Waals surface area contributed by atoms with Crippen LogP contribution in [-0.2, 0) is 11.2 Å². The van der Waals surface area contributed by atoms with E-state index in [2.05, 4.69) is 5.32 Å². The fraction of sp³-hybridized carbons (Fsp3) is 0.350. The molecule has 0 unspecified atom stereocenters. The van der Waals surface area contributed by atoms with Gasteiger partial charge < -0.3 is 14.8 Å². The van der Waals surface area contributed by atoms with E-state index in [0.717, 1.165) is 18.5 Å². The molecule has 2 rings (SSSR count). The van der Waals surface area contributed by atoms with Gasteiger partial charge in [0.1, 0.15) is 0 Å². The van der Waals surface area contributed by atoms with Gasteiger partial charge in [-0.25, -0.2) is 0 Å². The van der Waals surface area contributed by atoms with E-state index in [0.29, 0.717) is 22.2 Å². The minimum Gasteiger partial charge on any atom is -0.493 e. The fourth-order valence-corrected chi connectivity index (χ4v) is 2.72. The second kappa shape index (κ2) is 9.46. The van der Waals surface area contributed by atoms with Crippen LogP contribution >= 0.6 is 11.6 Å². The third kappa shape index (κ3) is 5.13. The van der Waals surface area contributed by atoms with Gasteiger partial charge in [0.15, 0.2) is 11.5 Å². The number of halogens is 1. The number of benzene rings is 2. The lowest BCUT2D eigenvalue weighted by molar-refractivity contribution is -0.120. The van der Waals surface area contributed by atoms with E-state index in [1.54, 1.807) is 26.4 Å². The number of methoxy groups -OCH3 is 2. The molecular formula is C20H25ClN2O3. The summed E-state index contributed by atoms with van der Waals surface area (Å²) < 4.78 is 10.6. The van der Waals surface area contributed by atoms with Crippen LogP contribution in [0.15, 0.2) is 42.5 Å². The lowest BCUT2D eigenvalue weighted by Crippen LogP contribution is -2.40. The summed E-state index contributed by atoms with van der Waals surface area (Å²) in [4.78, 5) is 14.5. The molecule has 6 heteroatoms. The molecule has 0 aliphatic rings. The predicted octanol–water partition coefficient (Wildman–Crippen LogP) is 3.86. The molecule has 0 saturated carbocycles. The molecule has 0 heterocycles. The number of rotatable bonds is 8. The quantitative estimate of drug-likeness (QED) is 0.760. The molecule has 0 spiro atoms. The van der Waals surface area contributed by atoms with E-state index in [4.69, 9.17) is 21.1 Å². The van der Waals surface area contributed by atoms with Crippen molar-refractivity contribution in [2.75, 3.05) is 33.1 Å². The number of nitrogens with zero attached hydrogens (tertiary/aromatic N) is 1. The smallest absolute Gasteiger partial charge is 0.241 e. The minimum atomic E-state index is -0.286. The van der Waals surface area contributed by atoms with E-state index < -0.39 is 0 Å². The van der Waals surface area contributed by atoms with Gasteiger partial charge in [0.05, 0.1) is 31.0 Å². The maximum absolute atomic E-state index is 12.5. The number of para-hydroxylation sites is 1. The molecule has 1 amide bonds. The Labute approximate surface area is 159 Å². The molecule has 5 nitrogen and oxygen atoms in total. The van der Waals surface area contributed by atoms with Crippen molar-refractivity contribution < 1.29 is 14.3 Å². The fourth-order valence-electron chi connectivity index (χ4n) is 2.54. The van der Waals surface area contributed by atoms with Crippen molar-refractivity contribution in [2.24, 2.45) is 0 Å². The zero-order valence-corrected chi connectivity index (χ0v) is 16.3. The van der Waals surface area contributed by atoms with Gasteiger partial charge in [-0.1, -0.05) is 29.8 Å². The number of carbonyl (C=O) groups excluding carboxylic acids is 1. The van der Waals surface area contributed by atoms with Gasteiger partial charge in [0, 0.05) is 6.54 Å². The summed E-state index contributed by atoms with van der Waals surface area (Å²) in [7, 11) is 5.16. The predicted molar refractivity (Wildman–Crippen MR) is 105 cm³/mol. The Kier molecular flexibility index (Phi) is 7.30. The number of amides is 1. The normalized spacial score (nSPS) is 11.9. The molecule has 0 fully saturated rings. The number of likely N-dealkylation sites (N-methyl/N-ethyl adjacent to an activating group) is 1. The molecule has 0 saturated heterocycles. The molecule has 140 valence electrons. The Morgan fingerprint density at radius 2 is 1.85 bits per heavy atom. The van der Waals surface area contributed by atoms with E-state index in [1.807, 2.05) is 49.2 Å². The summed E-state index contributed by atoms with van der Waals surface area (Å²) in [5.74, 6) is 1.32. The van der Waals surface area contributed by atoms with Crippen molar-refractivity contribution in [1.82, 2.24) is 4.90 Å². The van der Waals surface area contributed by atoms with Crippen LogP contribution in [0.3, 0.4) is 0 Å². The standard InChI is InChI=1S/C20H25ClN2O3/c1-14(20(24)22-17-8-6-5-7-16(17)21)23(2)12-11-15-9-10-18(25-3)19(13-15)26-4/h5-10,13-14H,11-12H2,1-4H3,(H,22,24)/t14-/m1/s1. The van der Waals surface area contributed by atoms with Crippen LogP contribution in [0.2, 0.25) is 5.02 Å². The Balaban J connectivity index is 1.93. The van der Waals surface area contributed by atoms with Crippen LogP contribution < -0.4 is 14.8 Å². The van der Waals surface area contributed by atoms with Gasteiger partial charge in [0.2, 0.25) is 5.91 Å². The summed E-state index contributed by atoms with van der Waals surface area (Å²) >= 11 is 6.10. The molecule has 0 aliphatic carbocycles. The number of hydrogen-bond donors (Lipinski definition) is 1. The molecular weight excluding hydrogens is 352 g/mol. The minimum absolute atomic E-state index is 0.0899. The maximum atomic E-state index is 12.5. The van der Waals surface area contributed by atoms with Crippen LogP contribution in [0.25, 0.3) is 0 Å². The summed E-state index contributed by atoms with van der Waals surface area (Å²) in [5.41, 5.74) is 1.74. The molecule has 1 N–H and O–H groups in total. The van der Waals surface area contributed by atoms with Crippen molar-refractivity contribution in [1.29, 1.82) is 0 Å². The molecule has 0 bridgehead atoms. The largest absolute Gasteiger partial charge is 0.493 e. The lowest BCUT2D eigenvalue weighted by Gasteiger charge is -2.24. The summed E-state index contributed by atoms with van der Waals surface area (Å²) in [6.45, 7) is 2.60. The Morgan fingerprint density at radius 3 is 2.50 bits per heavy atom. The van der Waals surface area contributed by atoms with Crippen LogP contribution in [0, 0.1) is 0 Å². The molecule has 0 radical (unpaired) electrons. The zero-order valence-electron chi connectivity index (χ0n) is 15.6. The number of ether oxygens (including phenoxy) is 2. The van der Waals surface area contributed by atoms with Gasteiger partial charge in [-0.05, 0) is 50.2 Å². The van der Waals surface area contributed by atoms with E-state index in [9.17, 15) is 4.79 Å². The maximum Gasteiger partial charge on any atom is 0.241 e. The topological polar surface area (TPSA) is 50.8 Å². The molecule has 26 heavy (non-hydrogen) atoms. The van der Waals surface area contributed by atoms with Crippen molar-refractivity contribution in [2.45, 2.75) is 19.4 Å². The summed E-state index contributed by atoms with van der Waals surface area (Å²) in [5, 5.41) is 3.40. The SMILES string of the molecule is COc1ccc(CCN(C)[C@H](C)C(=O)Nc2ccccc2Cl)cc1OC. The Morgan fingerprint density at radius 1 is 1.15 bits per heavy atom. The molecule has 2 aromatic rings. The molecule has 0 aromatic heterocycles. The van der Waals surface area contributed by atoms with Crippen molar-refractivity contribution in [3.05, 3.63) is 53.1 Å². The average Bonchev–Trinajstić information content (AvgIpc) is 2.66. The van der Waals surface area contributed by atoms with Crippen molar-refractivity contribution >= 4 is 23.2 Å². The summed E-state index contributed by atoms with van der Waals surface area (Å²) in [6, 6.07) is 12.8. The van der Waals surface area contributed by atoms with Gasteiger partial charge in [-0.2, -0.15) is 0 Å². The first-order chi connectivity index (χ1) is 12.5. The Hall–Kier alpha value is -2.24. The average molecular weight is 377 g/mol. The van der Waals surface area contributed by atoms with Gasteiger partial charge >= 0.3 is 0 Å². The first kappa shape index (κ1) is 20.1. The highest BCUT2D eigenvalue weighted by atomic mass is 35.5. The number of carbonyl (C=O) groups is 1. The lowest BCUT2D eigenvalue weighted by atomic mass is 10.1. The first-order valence-corrected chi connectivity index (χ1v) is 8.80. The highest BCUT2D eigenvalue weighted by Gasteiger charge is 2.19. The molecule has 2 aromatic carbocycles. The molecule has 0 aliphatic heterocycles. The van der Waals surface area contributed by atoms with Crippen LogP contribution in [0.4, 0.5) is 5.69 Å². The first-order valence-electron chi connectivity index (χ1n) is 8.42.